The summed E-state index contributed by atoms with van der Waals surface area (Å²) in [7, 11) is 0. The van der Waals surface area contributed by atoms with Gasteiger partial charge in [0.15, 0.2) is 0 Å². The molecular formula is C16H20N2. The highest BCUT2D eigenvalue weighted by Gasteiger charge is 2.08. The first-order valence-electron chi connectivity index (χ1n) is 6.33. The highest BCUT2D eigenvalue weighted by molar-refractivity contribution is 5.38. The SMILES string of the molecule is Cc1cnc(Cc2ccnc(C)c2C)c(C)c1C. The molecule has 2 aromatic heterocycles. The molecule has 0 saturated carbocycles. The van der Waals surface area contributed by atoms with Crippen molar-refractivity contribution in [3.63, 3.8) is 0 Å². The molecule has 0 aliphatic rings. The van der Waals surface area contributed by atoms with Crippen LogP contribution in [0.4, 0.5) is 0 Å². The maximum Gasteiger partial charge on any atom is 0.0479 e. The molecule has 0 radical (unpaired) electrons. The molecule has 0 bridgehead atoms. The van der Waals surface area contributed by atoms with Crippen LogP contribution in [0.15, 0.2) is 18.5 Å². The van der Waals surface area contributed by atoms with Crippen molar-refractivity contribution >= 4 is 0 Å². The zero-order valence-corrected chi connectivity index (χ0v) is 11.8. The third-order valence-corrected chi connectivity index (χ3v) is 3.93. The van der Waals surface area contributed by atoms with E-state index in [1.807, 2.05) is 12.4 Å². The quantitative estimate of drug-likeness (QED) is 0.801. The Morgan fingerprint density at radius 1 is 0.889 bits per heavy atom. The fourth-order valence-electron chi connectivity index (χ4n) is 2.12. The van der Waals surface area contributed by atoms with Crippen molar-refractivity contribution in [2.45, 2.75) is 41.0 Å². The topological polar surface area (TPSA) is 25.8 Å². The second kappa shape index (κ2) is 4.89. The lowest BCUT2D eigenvalue weighted by atomic mass is 9.98. The van der Waals surface area contributed by atoms with Crippen LogP contribution in [0.3, 0.4) is 0 Å². The molecule has 0 spiro atoms. The number of hydrogen-bond acceptors (Lipinski definition) is 2. The molecule has 0 aromatic carbocycles. The van der Waals surface area contributed by atoms with Crippen molar-refractivity contribution in [3.05, 3.63) is 57.7 Å². The van der Waals surface area contributed by atoms with Gasteiger partial charge in [0.05, 0.1) is 0 Å². The van der Waals surface area contributed by atoms with Gasteiger partial charge in [-0.3, -0.25) is 9.97 Å². The highest BCUT2D eigenvalue weighted by atomic mass is 14.7. The van der Waals surface area contributed by atoms with Gasteiger partial charge in [-0.25, -0.2) is 0 Å². The molecule has 0 unspecified atom stereocenters. The third kappa shape index (κ3) is 2.28. The van der Waals surface area contributed by atoms with Crippen LogP contribution in [0.5, 0.6) is 0 Å². The first-order valence-corrected chi connectivity index (χ1v) is 6.33. The number of aromatic nitrogens is 2. The van der Waals surface area contributed by atoms with Gasteiger partial charge in [-0.1, -0.05) is 0 Å². The average Bonchev–Trinajstić information content (AvgIpc) is 2.35. The highest BCUT2D eigenvalue weighted by Crippen LogP contribution is 2.19. The molecule has 94 valence electrons. The Bertz CT molecular complexity index is 586. The van der Waals surface area contributed by atoms with Crippen LogP contribution in [0, 0.1) is 34.6 Å². The van der Waals surface area contributed by atoms with Crippen LogP contribution in [0.1, 0.15) is 39.2 Å². The predicted molar refractivity (Wildman–Crippen MR) is 75.0 cm³/mol. The summed E-state index contributed by atoms with van der Waals surface area (Å²) in [6, 6.07) is 2.10. The molecule has 0 aliphatic heterocycles. The fourth-order valence-corrected chi connectivity index (χ4v) is 2.12. The van der Waals surface area contributed by atoms with Crippen LogP contribution in [-0.2, 0) is 6.42 Å². The molecule has 2 heterocycles. The smallest absolute Gasteiger partial charge is 0.0479 e. The van der Waals surface area contributed by atoms with Crippen molar-refractivity contribution in [2.24, 2.45) is 0 Å². The van der Waals surface area contributed by atoms with Crippen LogP contribution < -0.4 is 0 Å². The molecule has 2 aromatic rings. The largest absolute Gasteiger partial charge is 0.261 e. The Morgan fingerprint density at radius 3 is 2.33 bits per heavy atom. The van der Waals surface area contributed by atoms with Gasteiger partial charge in [0.1, 0.15) is 0 Å². The second-order valence-corrected chi connectivity index (χ2v) is 5.00. The number of nitrogens with zero attached hydrogens (tertiary/aromatic N) is 2. The number of pyridine rings is 2. The molecule has 0 saturated heterocycles. The molecule has 2 nitrogen and oxygen atoms in total. The van der Waals surface area contributed by atoms with E-state index in [4.69, 9.17) is 0 Å². The maximum atomic E-state index is 4.58. The van der Waals surface area contributed by atoms with Gasteiger partial charge in [0, 0.05) is 30.2 Å². The molecule has 2 rings (SSSR count). The first kappa shape index (κ1) is 12.7. The molecule has 2 heteroatoms. The van der Waals surface area contributed by atoms with Gasteiger partial charge in [0.2, 0.25) is 0 Å². The lowest BCUT2D eigenvalue weighted by Crippen LogP contribution is -2.02. The summed E-state index contributed by atoms with van der Waals surface area (Å²) < 4.78 is 0. The van der Waals surface area contributed by atoms with Gasteiger partial charge >= 0.3 is 0 Å². The Morgan fingerprint density at radius 2 is 1.61 bits per heavy atom. The average molecular weight is 240 g/mol. The summed E-state index contributed by atoms with van der Waals surface area (Å²) in [4.78, 5) is 8.90. The summed E-state index contributed by atoms with van der Waals surface area (Å²) in [5.74, 6) is 0. The van der Waals surface area contributed by atoms with Gasteiger partial charge in [0.25, 0.3) is 0 Å². The summed E-state index contributed by atoms with van der Waals surface area (Å²) in [5, 5.41) is 0. The van der Waals surface area contributed by atoms with Crippen LogP contribution in [-0.4, -0.2) is 9.97 Å². The van der Waals surface area contributed by atoms with E-state index >= 15 is 0 Å². The van der Waals surface area contributed by atoms with Crippen molar-refractivity contribution in [1.82, 2.24) is 9.97 Å². The molecule has 0 amide bonds. The molecule has 18 heavy (non-hydrogen) atoms. The standard InChI is InChI=1S/C16H20N2/c1-10-9-18-16(12(3)11(10)2)8-15-6-7-17-14(5)13(15)4/h6-7,9H,8H2,1-5H3. The predicted octanol–water partition coefficient (Wildman–Crippen LogP) is 3.61. The monoisotopic (exact) mass is 240 g/mol. The number of rotatable bonds is 2. The lowest BCUT2D eigenvalue weighted by molar-refractivity contribution is 0.987. The van der Waals surface area contributed by atoms with Crippen molar-refractivity contribution in [2.75, 3.05) is 0 Å². The third-order valence-electron chi connectivity index (χ3n) is 3.93. The van der Waals surface area contributed by atoms with Gasteiger partial charge in [-0.15, -0.1) is 0 Å². The summed E-state index contributed by atoms with van der Waals surface area (Å²) in [6.45, 7) is 10.6. The van der Waals surface area contributed by atoms with Crippen molar-refractivity contribution in [1.29, 1.82) is 0 Å². The van der Waals surface area contributed by atoms with Crippen LogP contribution in [0.25, 0.3) is 0 Å². The summed E-state index contributed by atoms with van der Waals surface area (Å²) in [6.07, 6.45) is 4.75. The minimum atomic E-state index is 0.891. The van der Waals surface area contributed by atoms with Gasteiger partial charge in [-0.2, -0.15) is 0 Å². The minimum Gasteiger partial charge on any atom is -0.261 e. The van der Waals surface area contributed by atoms with Crippen molar-refractivity contribution in [3.8, 4) is 0 Å². The van der Waals surface area contributed by atoms with E-state index in [2.05, 4.69) is 50.7 Å². The Kier molecular flexibility index (Phi) is 3.46. The van der Waals surface area contributed by atoms with Crippen molar-refractivity contribution < 1.29 is 0 Å². The molecule has 0 atom stereocenters. The van der Waals surface area contributed by atoms with E-state index in [1.54, 1.807) is 0 Å². The molecule has 0 N–H and O–H groups in total. The summed E-state index contributed by atoms with van der Waals surface area (Å²) in [5.41, 5.74) is 8.80. The fraction of sp³-hybridized carbons (Fsp3) is 0.375. The van der Waals surface area contributed by atoms with E-state index in [-0.39, 0.29) is 0 Å². The van der Waals surface area contributed by atoms with E-state index < -0.39 is 0 Å². The molecular weight excluding hydrogens is 220 g/mol. The normalized spacial score (nSPS) is 10.7. The Hall–Kier alpha value is -1.70. The van der Waals surface area contributed by atoms with Crippen LogP contribution >= 0.6 is 0 Å². The zero-order chi connectivity index (χ0) is 13.3. The zero-order valence-electron chi connectivity index (χ0n) is 11.8. The Balaban J connectivity index is 2.41. The van der Waals surface area contributed by atoms with E-state index in [0.717, 1.165) is 12.1 Å². The minimum absolute atomic E-state index is 0.891. The van der Waals surface area contributed by atoms with E-state index in [9.17, 15) is 0 Å². The number of aryl methyl sites for hydroxylation is 2. The lowest BCUT2D eigenvalue weighted by Gasteiger charge is -2.12. The first-order chi connectivity index (χ1) is 8.50. The second-order valence-electron chi connectivity index (χ2n) is 5.00. The van der Waals surface area contributed by atoms with E-state index in [0.29, 0.717) is 0 Å². The Labute approximate surface area is 109 Å². The molecule has 0 fully saturated rings. The van der Waals surface area contributed by atoms with Gasteiger partial charge in [-0.05, 0) is 68.5 Å². The van der Waals surface area contributed by atoms with Crippen LogP contribution in [0.2, 0.25) is 0 Å². The molecule has 0 aliphatic carbocycles. The number of hydrogen-bond donors (Lipinski definition) is 0. The maximum absolute atomic E-state index is 4.58. The van der Waals surface area contributed by atoms with Gasteiger partial charge < -0.3 is 0 Å². The summed E-state index contributed by atoms with van der Waals surface area (Å²) >= 11 is 0. The van der Waals surface area contributed by atoms with E-state index in [1.165, 1.54) is 33.5 Å².